The third-order valence-electron chi connectivity index (χ3n) is 1.13. The van der Waals surface area contributed by atoms with Crippen molar-refractivity contribution in [3.05, 3.63) is 12.7 Å². The Bertz CT molecular complexity index is 62.7. The zero-order valence-electron chi connectivity index (χ0n) is 4.89. The van der Waals surface area contributed by atoms with Gasteiger partial charge in [0.1, 0.15) is 0 Å². The van der Waals surface area contributed by atoms with E-state index in [1.807, 2.05) is 13.0 Å². The van der Waals surface area contributed by atoms with Gasteiger partial charge in [-0.15, -0.1) is 6.58 Å². The molecule has 1 N–H and O–H groups in total. The van der Waals surface area contributed by atoms with E-state index >= 15 is 0 Å². The summed E-state index contributed by atoms with van der Waals surface area (Å²) in [7, 11) is -0.258. The molecule has 0 saturated heterocycles. The molecule has 0 aromatic heterocycles. The molecule has 42 valence electrons. The Labute approximate surface area is 49.0 Å². The van der Waals surface area contributed by atoms with Gasteiger partial charge in [-0.2, -0.15) is 0 Å². The highest BCUT2D eigenvalue weighted by molar-refractivity contribution is 6.99. The monoisotopic (exact) mass is 132 g/mol. The molecule has 0 fully saturated rings. The van der Waals surface area contributed by atoms with Crippen LogP contribution in [0.5, 0.6) is 0 Å². The summed E-state index contributed by atoms with van der Waals surface area (Å²) in [4.78, 5) is 8.95. The van der Waals surface area contributed by atoms with Crippen LogP contribution in [0.2, 0.25) is 5.54 Å². The SMILES string of the molecule is C=CC(C)[SiH](O)[SiH3]. The molecule has 0 amide bonds. The van der Waals surface area contributed by atoms with Gasteiger partial charge in [-0.05, 0) is 5.54 Å². The van der Waals surface area contributed by atoms with E-state index in [2.05, 4.69) is 6.58 Å². The maximum atomic E-state index is 8.95. The van der Waals surface area contributed by atoms with Crippen molar-refractivity contribution in [3.8, 4) is 0 Å². The van der Waals surface area contributed by atoms with E-state index in [0.717, 1.165) is 9.76 Å². The highest BCUT2D eigenvalue weighted by Crippen LogP contribution is 2.02. The summed E-state index contributed by atoms with van der Waals surface area (Å²) in [6.45, 7) is 5.60. The van der Waals surface area contributed by atoms with Gasteiger partial charge in [-0.3, -0.25) is 0 Å². The van der Waals surface area contributed by atoms with Gasteiger partial charge in [0, 0.05) is 9.76 Å². The number of hydrogen-bond acceptors (Lipinski definition) is 1. The van der Waals surface area contributed by atoms with Crippen molar-refractivity contribution in [1.29, 1.82) is 0 Å². The van der Waals surface area contributed by atoms with Crippen molar-refractivity contribution >= 4 is 18.3 Å². The number of hydrogen-bond donors (Lipinski definition) is 1. The van der Waals surface area contributed by atoms with Gasteiger partial charge in [0.05, 0.1) is 0 Å². The fourth-order valence-corrected chi connectivity index (χ4v) is 1.41. The van der Waals surface area contributed by atoms with Crippen LogP contribution in [0.15, 0.2) is 12.7 Å². The van der Waals surface area contributed by atoms with E-state index in [-0.39, 0.29) is 0 Å². The zero-order valence-corrected chi connectivity index (χ0v) is 8.04. The van der Waals surface area contributed by atoms with Crippen LogP contribution in [-0.4, -0.2) is 23.1 Å². The fraction of sp³-hybridized carbons (Fsp3) is 0.500. The predicted octanol–water partition coefficient (Wildman–Crippen LogP) is -0.859. The highest BCUT2D eigenvalue weighted by Gasteiger charge is 2.03. The first kappa shape index (κ1) is 7.13. The molecule has 0 aromatic carbocycles. The Morgan fingerprint density at radius 2 is 2.43 bits per heavy atom. The van der Waals surface area contributed by atoms with E-state index < -0.39 is 8.56 Å². The molecule has 0 aromatic rings. The van der Waals surface area contributed by atoms with Gasteiger partial charge in [0.25, 0.3) is 0 Å². The van der Waals surface area contributed by atoms with Crippen molar-refractivity contribution in [2.75, 3.05) is 0 Å². The molecule has 0 aliphatic heterocycles. The van der Waals surface area contributed by atoms with Crippen LogP contribution in [0.1, 0.15) is 6.92 Å². The van der Waals surface area contributed by atoms with Crippen LogP contribution < -0.4 is 0 Å². The van der Waals surface area contributed by atoms with Crippen LogP contribution in [0.4, 0.5) is 0 Å². The normalized spacial score (nSPS) is 18.6. The van der Waals surface area contributed by atoms with E-state index in [0.29, 0.717) is 5.54 Å². The molecule has 0 aliphatic carbocycles. The van der Waals surface area contributed by atoms with Crippen molar-refractivity contribution in [3.63, 3.8) is 0 Å². The molecule has 0 heterocycles. The highest BCUT2D eigenvalue weighted by atomic mass is 29.2. The van der Waals surface area contributed by atoms with Gasteiger partial charge in [-0.1, -0.05) is 13.0 Å². The molecule has 0 spiro atoms. The zero-order chi connectivity index (χ0) is 5.86. The molecule has 0 rings (SSSR count). The molecule has 7 heavy (non-hydrogen) atoms. The van der Waals surface area contributed by atoms with Crippen LogP contribution >= 0.6 is 0 Å². The quantitative estimate of drug-likeness (QED) is 0.383. The lowest BCUT2D eigenvalue weighted by Crippen LogP contribution is -2.16. The van der Waals surface area contributed by atoms with Crippen molar-refractivity contribution in [2.24, 2.45) is 0 Å². The van der Waals surface area contributed by atoms with Crippen LogP contribution in [0.3, 0.4) is 0 Å². The Morgan fingerprint density at radius 1 is 2.00 bits per heavy atom. The summed E-state index contributed by atoms with van der Waals surface area (Å²) in [5.41, 5.74) is 0.423. The van der Waals surface area contributed by atoms with Gasteiger partial charge in [-0.25, -0.2) is 0 Å². The minimum atomic E-state index is -1.24. The minimum absolute atomic E-state index is 0.423. The summed E-state index contributed by atoms with van der Waals surface area (Å²) in [5, 5.41) is 0. The topological polar surface area (TPSA) is 20.2 Å². The summed E-state index contributed by atoms with van der Waals surface area (Å²) in [6, 6.07) is 0. The van der Waals surface area contributed by atoms with Crippen LogP contribution in [-0.2, 0) is 0 Å². The van der Waals surface area contributed by atoms with Crippen LogP contribution in [0, 0.1) is 0 Å². The first-order chi connectivity index (χ1) is 3.18. The maximum absolute atomic E-state index is 8.95. The molecule has 0 radical (unpaired) electrons. The number of allylic oxidation sites excluding steroid dienone is 1. The third-order valence-corrected chi connectivity index (χ3v) is 6.08. The predicted molar refractivity (Wildman–Crippen MR) is 38.9 cm³/mol. The van der Waals surface area contributed by atoms with Gasteiger partial charge >= 0.3 is 0 Å². The lowest BCUT2D eigenvalue weighted by molar-refractivity contribution is 0.584. The first-order valence-electron chi connectivity index (χ1n) is 2.49. The Kier molecular flexibility index (Phi) is 3.24. The molecule has 1 nitrogen and oxygen atoms in total. The molecule has 0 aliphatic rings. The molecule has 3 heteroatoms. The average molecular weight is 132 g/mol. The molecule has 0 bridgehead atoms. The van der Waals surface area contributed by atoms with Crippen molar-refractivity contribution < 1.29 is 4.80 Å². The summed E-state index contributed by atoms with van der Waals surface area (Å²) >= 11 is 0. The molecule has 2 unspecified atom stereocenters. The second kappa shape index (κ2) is 3.18. The second-order valence-electron chi connectivity index (χ2n) is 1.84. The Balaban J connectivity index is 3.33. The van der Waals surface area contributed by atoms with E-state index in [1.165, 1.54) is 0 Å². The van der Waals surface area contributed by atoms with E-state index in [9.17, 15) is 0 Å². The average Bonchev–Trinajstić information content (AvgIpc) is 1.65. The standard InChI is InChI=1S/C4H12OSi2/c1-3-4(2)7(5)6/h3-5,7H,1H2,2,6H3. The maximum Gasteiger partial charge on any atom is 0.156 e. The van der Waals surface area contributed by atoms with E-state index in [4.69, 9.17) is 4.80 Å². The van der Waals surface area contributed by atoms with Crippen molar-refractivity contribution in [1.82, 2.24) is 0 Å². The lowest BCUT2D eigenvalue weighted by atomic mass is 10.5. The summed E-state index contributed by atoms with van der Waals surface area (Å²) in [5.74, 6) is 0. The van der Waals surface area contributed by atoms with Gasteiger partial charge < -0.3 is 4.80 Å². The molecular weight excluding hydrogens is 120 g/mol. The van der Waals surface area contributed by atoms with E-state index in [1.54, 1.807) is 0 Å². The minimum Gasteiger partial charge on any atom is -0.438 e. The smallest absolute Gasteiger partial charge is 0.156 e. The molecule has 2 atom stereocenters. The Hall–Kier alpha value is 0.134. The summed E-state index contributed by atoms with van der Waals surface area (Å²) < 4.78 is 0. The summed E-state index contributed by atoms with van der Waals surface area (Å²) in [6.07, 6.45) is 1.84. The Morgan fingerprint density at radius 3 is 2.43 bits per heavy atom. The second-order valence-corrected chi connectivity index (χ2v) is 7.92. The van der Waals surface area contributed by atoms with Gasteiger partial charge in [0.2, 0.25) is 0 Å². The largest absolute Gasteiger partial charge is 0.438 e. The fourth-order valence-electron chi connectivity index (χ4n) is 0.197. The van der Waals surface area contributed by atoms with Crippen molar-refractivity contribution in [2.45, 2.75) is 12.5 Å². The molecular formula is C4H12OSi2. The molecule has 0 saturated carbocycles. The third kappa shape index (κ3) is 2.79. The van der Waals surface area contributed by atoms with Crippen LogP contribution in [0.25, 0.3) is 0 Å². The van der Waals surface area contributed by atoms with Gasteiger partial charge in [0.15, 0.2) is 8.56 Å². The lowest BCUT2D eigenvalue weighted by Gasteiger charge is -2.04. The first-order valence-corrected chi connectivity index (χ1v) is 8.29. The number of rotatable bonds is 2.